The van der Waals surface area contributed by atoms with Crippen molar-refractivity contribution < 1.29 is 9.18 Å². The van der Waals surface area contributed by atoms with Crippen molar-refractivity contribution in [2.75, 3.05) is 5.32 Å². The van der Waals surface area contributed by atoms with Crippen molar-refractivity contribution in [2.24, 2.45) is 0 Å². The van der Waals surface area contributed by atoms with E-state index in [-0.39, 0.29) is 5.15 Å². The van der Waals surface area contributed by atoms with Crippen LogP contribution in [0.25, 0.3) is 0 Å². The molecule has 2 aromatic heterocycles. The average molecular weight is 272 g/mol. The van der Waals surface area contributed by atoms with Crippen LogP contribution in [-0.2, 0) is 6.54 Å². The summed E-state index contributed by atoms with van der Waals surface area (Å²) >= 11 is 6.85. The van der Waals surface area contributed by atoms with E-state index in [4.69, 9.17) is 11.6 Å². The Morgan fingerprint density at radius 3 is 3.00 bits per heavy atom. The van der Waals surface area contributed by atoms with Gasteiger partial charge in [0.15, 0.2) is 16.6 Å². The van der Waals surface area contributed by atoms with Crippen LogP contribution in [0.3, 0.4) is 0 Å². The van der Waals surface area contributed by atoms with Gasteiger partial charge >= 0.3 is 0 Å². The molecule has 2 heterocycles. The highest BCUT2D eigenvalue weighted by molar-refractivity contribution is 7.17. The van der Waals surface area contributed by atoms with Gasteiger partial charge in [-0.25, -0.2) is 9.37 Å². The number of nitrogens with zero attached hydrogens (tertiary/aromatic N) is 2. The maximum absolute atomic E-state index is 12.8. The molecule has 0 saturated carbocycles. The Balaban J connectivity index is 2.04. The van der Waals surface area contributed by atoms with E-state index >= 15 is 0 Å². The number of aldehydes is 1. The van der Waals surface area contributed by atoms with Crippen molar-refractivity contribution in [3.63, 3.8) is 0 Å². The van der Waals surface area contributed by atoms with E-state index in [1.807, 2.05) is 0 Å². The lowest BCUT2D eigenvalue weighted by Gasteiger charge is -2.01. The van der Waals surface area contributed by atoms with Gasteiger partial charge in [0, 0.05) is 12.7 Å². The third kappa shape index (κ3) is 2.98. The molecule has 0 amide bonds. The van der Waals surface area contributed by atoms with E-state index in [0.717, 1.165) is 17.5 Å². The minimum atomic E-state index is -0.393. The summed E-state index contributed by atoms with van der Waals surface area (Å²) in [6, 6.07) is 1.37. The molecular formula is C10H7ClFN3OS. The number of hydrogen-bond acceptors (Lipinski definition) is 5. The summed E-state index contributed by atoms with van der Waals surface area (Å²) in [6.07, 6.45) is 3.33. The van der Waals surface area contributed by atoms with Crippen LogP contribution >= 0.6 is 22.9 Å². The summed E-state index contributed by atoms with van der Waals surface area (Å²) in [5.41, 5.74) is 0.684. The molecule has 0 unspecified atom stereocenters. The maximum Gasteiger partial charge on any atom is 0.185 e. The van der Waals surface area contributed by atoms with Crippen molar-refractivity contribution in [3.05, 3.63) is 39.9 Å². The van der Waals surface area contributed by atoms with E-state index in [0.29, 0.717) is 28.4 Å². The zero-order chi connectivity index (χ0) is 12.3. The summed E-state index contributed by atoms with van der Waals surface area (Å²) in [5, 5.41) is 3.63. The average Bonchev–Trinajstić information content (AvgIpc) is 2.67. The molecule has 2 aromatic rings. The molecule has 1 N–H and O–H groups in total. The molecule has 7 heteroatoms. The van der Waals surface area contributed by atoms with Crippen LogP contribution in [0.4, 0.5) is 9.52 Å². The molecule has 0 saturated heterocycles. The molecule has 2 rings (SSSR count). The van der Waals surface area contributed by atoms with E-state index in [1.165, 1.54) is 6.07 Å². The fraction of sp³-hybridized carbons (Fsp3) is 0.100. The largest absolute Gasteiger partial charge is 0.357 e. The lowest BCUT2D eigenvalue weighted by atomic mass is 10.3. The first kappa shape index (κ1) is 11.9. The highest BCUT2D eigenvalue weighted by atomic mass is 35.5. The number of pyridine rings is 1. The molecule has 88 valence electrons. The molecule has 0 aliphatic carbocycles. The Morgan fingerprint density at radius 2 is 2.35 bits per heavy atom. The van der Waals surface area contributed by atoms with Gasteiger partial charge in [-0.1, -0.05) is 22.9 Å². The van der Waals surface area contributed by atoms with Gasteiger partial charge in [-0.15, -0.1) is 0 Å². The van der Waals surface area contributed by atoms with Crippen LogP contribution in [0.2, 0.25) is 5.15 Å². The molecule has 4 nitrogen and oxygen atoms in total. The lowest BCUT2D eigenvalue weighted by Crippen LogP contribution is -1.99. The third-order valence-electron chi connectivity index (χ3n) is 1.92. The van der Waals surface area contributed by atoms with Gasteiger partial charge < -0.3 is 5.32 Å². The first-order valence-electron chi connectivity index (χ1n) is 4.64. The predicted molar refractivity (Wildman–Crippen MR) is 64.0 cm³/mol. The summed E-state index contributed by atoms with van der Waals surface area (Å²) < 4.78 is 12.8. The van der Waals surface area contributed by atoms with Crippen LogP contribution in [0, 0.1) is 5.82 Å². The molecule has 0 radical (unpaired) electrons. The molecule has 0 atom stereocenters. The number of carbonyl (C=O) groups is 1. The smallest absolute Gasteiger partial charge is 0.185 e. The van der Waals surface area contributed by atoms with Gasteiger partial charge in [0.2, 0.25) is 0 Å². The topological polar surface area (TPSA) is 54.9 Å². The molecule has 0 spiro atoms. The predicted octanol–water partition coefficient (Wildman–Crippen LogP) is 2.76. The van der Waals surface area contributed by atoms with Crippen molar-refractivity contribution in [2.45, 2.75) is 6.54 Å². The van der Waals surface area contributed by atoms with Crippen molar-refractivity contribution in [3.8, 4) is 0 Å². The van der Waals surface area contributed by atoms with Crippen molar-refractivity contribution in [1.82, 2.24) is 9.97 Å². The van der Waals surface area contributed by atoms with E-state index in [1.54, 1.807) is 6.20 Å². The molecular weight excluding hydrogens is 265 g/mol. The summed E-state index contributed by atoms with van der Waals surface area (Å²) in [4.78, 5) is 18.6. The van der Waals surface area contributed by atoms with Crippen LogP contribution in [0.5, 0.6) is 0 Å². The van der Waals surface area contributed by atoms with Gasteiger partial charge in [-0.2, -0.15) is 0 Å². The van der Waals surface area contributed by atoms with Crippen LogP contribution in [0.15, 0.2) is 18.5 Å². The molecule has 0 aromatic carbocycles. The number of hydrogen-bond donors (Lipinski definition) is 1. The zero-order valence-corrected chi connectivity index (χ0v) is 10.1. The van der Waals surface area contributed by atoms with E-state index < -0.39 is 5.82 Å². The lowest BCUT2D eigenvalue weighted by molar-refractivity contribution is 0.112. The monoisotopic (exact) mass is 271 g/mol. The highest BCUT2D eigenvalue weighted by Crippen LogP contribution is 2.25. The summed E-state index contributed by atoms with van der Waals surface area (Å²) in [6.45, 7) is 0.368. The number of anilines is 1. The molecule has 0 fully saturated rings. The van der Waals surface area contributed by atoms with Gasteiger partial charge in [-0.05, 0) is 11.6 Å². The fourth-order valence-electron chi connectivity index (χ4n) is 1.19. The highest BCUT2D eigenvalue weighted by Gasteiger charge is 2.07. The summed E-state index contributed by atoms with van der Waals surface area (Å²) in [7, 11) is 0. The Morgan fingerprint density at radius 1 is 1.53 bits per heavy atom. The summed E-state index contributed by atoms with van der Waals surface area (Å²) in [5.74, 6) is -0.393. The number of aromatic nitrogens is 2. The van der Waals surface area contributed by atoms with E-state index in [9.17, 15) is 9.18 Å². The Labute approximate surface area is 105 Å². The number of nitrogens with one attached hydrogen (secondary N) is 1. The first-order chi connectivity index (χ1) is 8.19. The Bertz CT molecular complexity index is 546. The Hall–Kier alpha value is -1.53. The minimum absolute atomic E-state index is 0.171. The van der Waals surface area contributed by atoms with Crippen molar-refractivity contribution in [1.29, 1.82) is 0 Å². The van der Waals surface area contributed by atoms with Crippen LogP contribution in [0.1, 0.15) is 15.2 Å². The Kier molecular flexibility index (Phi) is 3.65. The van der Waals surface area contributed by atoms with Crippen LogP contribution < -0.4 is 5.32 Å². The molecule has 17 heavy (non-hydrogen) atoms. The molecule has 0 aliphatic rings. The quantitative estimate of drug-likeness (QED) is 0.869. The second-order valence-electron chi connectivity index (χ2n) is 3.16. The number of carbonyl (C=O) groups excluding carboxylic acids is 1. The third-order valence-corrected chi connectivity index (χ3v) is 3.26. The van der Waals surface area contributed by atoms with E-state index in [2.05, 4.69) is 15.3 Å². The van der Waals surface area contributed by atoms with Gasteiger partial charge in [0.25, 0.3) is 0 Å². The first-order valence-corrected chi connectivity index (χ1v) is 5.83. The molecule has 0 aliphatic heterocycles. The number of halogens is 2. The van der Waals surface area contributed by atoms with Gasteiger partial charge in [0.05, 0.1) is 6.20 Å². The second-order valence-corrected chi connectivity index (χ2v) is 4.55. The number of thiazole rings is 1. The number of rotatable bonds is 4. The minimum Gasteiger partial charge on any atom is -0.357 e. The maximum atomic E-state index is 12.8. The zero-order valence-electron chi connectivity index (χ0n) is 8.48. The van der Waals surface area contributed by atoms with Gasteiger partial charge in [0.1, 0.15) is 10.7 Å². The normalized spacial score (nSPS) is 10.2. The molecule has 0 bridgehead atoms. The fourth-order valence-corrected chi connectivity index (χ4v) is 2.15. The van der Waals surface area contributed by atoms with Gasteiger partial charge in [-0.3, -0.25) is 9.78 Å². The standard InChI is InChI=1S/C10H7ClFN3OS/c11-9-8(5-16)17-10(15-9)14-3-6-1-7(12)4-13-2-6/h1-2,4-5H,3H2,(H,14,15). The second kappa shape index (κ2) is 5.20. The van der Waals surface area contributed by atoms with Crippen molar-refractivity contribution >= 4 is 34.4 Å². The SMILES string of the molecule is O=Cc1sc(NCc2cncc(F)c2)nc1Cl. The van der Waals surface area contributed by atoms with Crippen LogP contribution in [-0.4, -0.2) is 16.3 Å².